The van der Waals surface area contributed by atoms with Gasteiger partial charge in [0.2, 0.25) is 5.78 Å². The number of nitrogens with zero attached hydrogens (tertiary/aromatic N) is 1. The van der Waals surface area contributed by atoms with Crippen molar-refractivity contribution in [3.05, 3.63) is 70.9 Å². The van der Waals surface area contributed by atoms with E-state index in [9.17, 15) is 19.2 Å². The molecular formula is C23H20N2O5. The summed E-state index contributed by atoms with van der Waals surface area (Å²) in [6.07, 6.45) is 3.16. The average molecular weight is 404 g/mol. The van der Waals surface area contributed by atoms with Crippen LogP contribution in [0.2, 0.25) is 0 Å². The number of ether oxygens (including phenoxy) is 1. The summed E-state index contributed by atoms with van der Waals surface area (Å²) in [6, 6.07) is 11.6. The van der Waals surface area contributed by atoms with Crippen molar-refractivity contribution < 1.29 is 23.9 Å². The van der Waals surface area contributed by atoms with E-state index in [1.54, 1.807) is 6.20 Å². The molecule has 2 aromatic carbocycles. The molecule has 0 radical (unpaired) electrons. The van der Waals surface area contributed by atoms with E-state index in [0.29, 0.717) is 12.1 Å². The Hall–Kier alpha value is -3.74. The zero-order valence-corrected chi connectivity index (χ0v) is 16.4. The molecule has 0 spiro atoms. The van der Waals surface area contributed by atoms with Crippen LogP contribution in [0.25, 0.3) is 10.9 Å². The highest BCUT2D eigenvalue weighted by Gasteiger charge is 2.35. The second kappa shape index (κ2) is 7.94. The summed E-state index contributed by atoms with van der Waals surface area (Å²) in [4.78, 5) is 54.0. The molecule has 0 atom stereocenters. The summed E-state index contributed by atoms with van der Waals surface area (Å²) in [5.74, 6) is -1.82. The number of unbranched alkanes of at least 4 members (excludes halogenated alkanes) is 1. The van der Waals surface area contributed by atoms with Crippen molar-refractivity contribution in [3.63, 3.8) is 0 Å². The minimum absolute atomic E-state index is 0.124. The third-order valence-electron chi connectivity index (χ3n) is 5.17. The van der Waals surface area contributed by atoms with Gasteiger partial charge in [0.15, 0.2) is 6.61 Å². The van der Waals surface area contributed by atoms with Crippen molar-refractivity contribution >= 4 is 34.5 Å². The molecule has 152 valence electrons. The quantitative estimate of drug-likeness (QED) is 0.369. The number of hydrogen-bond acceptors (Lipinski definition) is 5. The van der Waals surface area contributed by atoms with Crippen molar-refractivity contribution in [3.8, 4) is 0 Å². The standard InChI is InChI=1S/C23H20N2O5/c1-2-3-10-25-21(27)16-9-8-14(11-17(16)22(25)28)23(29)30-13-20(26)18-12-24-19-7-5-4-6-15(18)19/h4-9,11-12,24H,2-3,10,13H2,1H3. The molecule has 0 unspecified atom stereocenters. The van der Waals surface area contributed by atoms with Gasteiger partial charge in [0, 0.05) is 29.2 Å². The average Bonchev–Trinajstić information content (AvgIpc) is 3.30. The van der Waals surface area contributed by atoms with Crippen molar-refractivity contribution in [1.29, 1.82) is 0 Å². The fourth-order valence-corrected chi connectivity index (χ4v) is 3.53. The summed E-state index contributed by atoms with van der Waals surface area (Å²) in [5.41, 5.74) is 1.86. The van der Waals surface area contributed by atoms with Crippen molar-refractivity contribution in [2.75, 3.05) is 13.2 Å². The zero-order chi connectivity index (χ0) is 21.3. The maximum atomic E-state index is 12.5. The number of carbonyl (C=O) groups is 4. The first-order chi connectivity index (χ1) is 14.5. The molecule has 4 rings (SSSR count). The normalized spacial score (nSPS) is 13.0. The Morgan fingerprint density at radius 2 is 1.80 bits per heavy atom. The van der Waals surface area contributed by atoms with Gasteiger partial charge in [-0.3, -0.25) is 19.3 Å². The van der Waals surface area contributed by atoms with Crippen LogP contribution in [0.4, 0.5) is 0 Å². The van der Waals surface area contributed by atoms with Gasteiger partial charge < -0.3 is 9.72 Å². The molecule has 7 heteroatoms. The SMILES string of the molecule is CCCCN1C(=O)c2ccc(C(=O)OCC(=O)c3c[nH]c4ccccc34)cc2C1=O. The molecule has 3 aromatic rings. The number of imide groups is 1. The molecule has 30 heavy (non-hydrogen) atoms. The van der Waals surface area contributed by atoms with Crippen LogP contribution >= 0.6 is 0 Å². The van der Waals surface area contributed by atoms with Gasteiger partial charge in [0.1, 0.15) is 0 Å². The number of aromatic amines is 1. The number of hydrogen-bond donors (Lipinski definition) is 1. The van der Waals surface area contributed by atoms with Gasteiger partial charge in [-0.15, -0.1) is 0 Å². The van der Waals surface area contributed by atoms with Crippen LogP contribution in [0, 0.1) is 0 Å². The number of carbonyl (C=O) groups excluding carboxylic acids is 4. The number of ketones is 1. The van der Waals surface area contributed by atoms with Gasteiger partial charge in [-0.2, -0.15) is 0 Å². The first kappa shape index (κ1) is 19.6. The molecule has 2 heterocycles. The first-order valence-electron chi connectivity index (χ1n) is 9.78. The number of nitrogens with one attached hydrogen (secondary N) is 1. The maximum absolute atomic E-state index is 12.5. The van der Waals surface area contributed by atoms with E-state index in [2.05, 4.69) is 4.98 Å². The van der Waals surface area contributed by atoms with Gasteiger partial charge in [-0.05, 0) is 30.7 Å². The number of aromatic nitrogens is 1. The van der Waals surface area contributed by atoms with E-state index >= 15 is 0 Å². The lowest BCUT2D eigenvalue weighted by Gasteiger charge is -2.12. The molecule has 1 N–H and O–H groups in total. The van der Waals surface area contributed by atoms with Gasteiger partial charge in [-0.25, -0.2) is 4.79 Å². The Bertz CT molecular complexity index is 1180. The summed E-state index contributed by atoms with van der Waals surface area (Å²) in [6.45, 7) is 1.90. The van der Waals surface area contributed by atoms with Crippen LogP contribution in [-0.2, 0) is 4.74 Å². The number of esters is 1. The van der Waals surface area contributed by atoms with Crippen LogP contribution in [0.3, 0.4) is 0 Å². The van der Waals surface area contributed by atoms with Crippen molar-refractivity contribution in [2.24, 2.45) is 0 Å². The lowest BCUT2D eigenvalue weighted by molar-refractivity contribution is 0.0475. The molecule has 0 saturated carbocycles. The third-order valence-corrected chi connectivity index (χ3v) is 5.17. The number of rotatable bonds is 7. The highest BCUT2D eigenvalue weighted by Crippen LogP contribution is 2.25. The number of H-pyrrole nitrogens is 1. The van der Waals surface area contributed by atoms with Gasteiger partial charge >= 0.3 is 5.97 Å². The summed E-state index contributed by atoms with van der Waals surface area (Å²) >= 11 is 0. The number of fused-ring (bicyclic) bond motifs is 2. The minimum Gasteiger partial charge on any atom is -0.454 e. The van der Waals surface area contributed by atoms with Crippen LogP contribution in [0.1, 0.15) is 61.2 Å². The van der Waals surface area contributed by atoms with Crippen molar-refractivity contribution in [2.45, 2.75) is 19.8 Å². The van der Waals surface area contributed by atoms with E-state index in [1.807, 2.05) is 31.2 Å². The fraction of sp³-hybridized carbons (Fsp3) is 0.217. The maximum Gasteiger partial charge on any atom is 0.338 e. The summed E-state index contributed by atoms with van der Waals surface area (Å²) in [5, 5.41) is 0.757. The Morgan fingerprint density at radius 1 is 1.03 bits per heavy atom. The number of amides is 2. The Kier molecular flexibility index (Phi) is 5.18. The highest BCUT2D eigenvalue weighted by molar-refractivity contribution is 6.22. The molecule has 1 aliphatic heterocycles. The van der Waals surface area contributed by atoms with Crippen LogP contribution in [-0.4, -0.2) is 46.6 Å². The highest BCUT2D eigenvalue weighted by atomic mass is 16.5. The molecule has 0 aliphatic carbocycles. The summed E-state index contributed by atoms with van der Waals surface area (Å²) in [7, 11) is 0. The predicted octanol–water partition coefficient (Wildman–Crippen LogP) is 3.60. The third kappa shape index (κ3) is 3.39. The van der Waals surface area contributed by atoms with Crippen LogP contribution < -0.4 is 0 Å². The predicted molar refractivity (Wildman–Crippen MR) is 110 cm³/mol. The number of Topliss-reactive ketones (excluding diaryl/α,β-unsaturated/α-hetero) is 1. The van der Waals surface area contributed by atoms with Crippen LogP contribution in [0.5, 0.6) is 0 Å². The molecule has 7 nitrogen and oxygen atoms in total. The second-order valence-corrected chi connectivity index (χ2v) is 7.12. The van der Waals surface area contributed by atoms with Crippen LogP contribution in [0.15, 0.2) is 48.7 Å². The molecule has 0 fully saturated rings. The summed E-state index contributed by atoms with van der Waals surface area (Å²) < 4.78 is 5.16. The van der Waals surface area contributed by atoms with Gasteiger partial charge in [0.05, 0.1) is 16.7 Å². The Morgan fingerprint density at radius 3 is 2.60 bits per heavy atom. The molecule has 2 amide bonds. The number of benzene rings is 2. The zero-order valence-electron chi connectivity index (χ0n) is 16.4. The minimum atomic E-state index is -0.724. The molecule has 1 aromatic heterocycles. The topological polar surface area (TPSA) is 96.5 Å². The number of para-hydroxylation sites is 1. The Balaban J connectivity index is 1.46. The van der Waals surface area contributed by atoms with Gasteiger partial charge in [-0.1, -0.05) is 31.5 Å². The largest absolute Gasteiger partial charge is 0.454 e. The monoisotopic (exact) mass is 404 g/mol. The van der Waals surface area contributed by atoms with Crippen molar-refractivity contribution in [1.82, 2.24) is 9.88 Å². The second-order valence-electron chi connectivity index (χ2n) is 7.12. The lowest BCUT2D eigenvalue weighted by Crippen LogP contribution is -2.30. The fourth-order valence-electron chi connectivity index (χ4n) is 3.53. The smallest absolute Gasteiger partial charge is 0.338 e. The first-order valence-corrected chi connectivity index (χ1v) is 9.78. The van der Waals surface area contributed by atoms with E-state index in [0.717, 1.165) is 23.7 Å². The van der Waals surface area contributed by atoms with E-state index in [-0.39, 0.29) is 28.4 Å². The van der Waals surface area contributed by atoms with E-state index < -0.39 is 18.5 Å². The Labute approximate surface area is 172 Å². The lowest BCUT2D eigenvalue weighted by atomic mass is 10.1. The van der Waals surface area contributed by atoms with E-state index in [1.165, 1.54) is 23.1 Å². The van der Waals surface area contributed by atoms with E-state index in [4.69, 9.17) is 4.74 Å². The molecule has 0 saturated heterocycles. The van der Waals surface area contributed by atoms with Gasteiger partial charge in [0.25, 0.3) is 11.8 Å². The molecular weight excluding hydrogens is 384 g/mol. The molecule has 0 bridgehead atoms. The molecule has 1 aliphatic rings.